The van der Waals surface area contributed by atoms with E-state index in [1.54, 1.807) is 12.1 Å². The fraction of sp³-hybridized carbons (Fsp3) is 0.188. The molecule has 1 N–H and O–H groups in total. The van der Waals surface area contributed by atoms with Crippen LogP contribution in [0.2, 0.25) is 5.02 Å². The topological polar surface area (TPSA) is 35.8 Å². The molecule has 0 aliphatic rings. The first-order chi connectivity index (χ1) is 9.19. The normalized spacial score (nSPS) is 9.95. The molecule has 0 radical (unpaired) electrons. The standard InChI is InChI=1S/C16H15ClN2/c1-12-3-2-4-13(9-12)7-8-19-15-6-5-14(11-18)16(17)10-15/h2-6,9-10,19H,7-8H2,1H3. The lowest BCUT2D eigenvalue weighted by atomic mass is 10.1. The lowest BCUT2D eigenvalue weighted by Gasteiger charge is -2.08. The van der Waals surface area contributed by atoms with Crippen molar-refractivity contribution in [1.82, 2.24) is 0 Å². The van der Waals surface area contributed by atoms with Gasteiger partial charge in [0, 0.05) is 12.2 Å². The van der Waals surface area contributed by atoms with E-state index in [2.05, 4.69) is 42.6 Å². The lowest BCUT2D eigenvalue weighted by molar-refractivity contribution is 1.02. The molecule has 0 bridgehead atoms. The quantitative estimate of drug-likeness (QED) is 0.905. The minimum Gasteiger partial charge on any atom is -0.385 e. The second-order valence-corrected chi connectivity index (χ2v) is 4.88. The Morgan fingerprint density at radius 1 is 1.21 bits per heavy atom. The second-order valence-electron chi connectivity index (χ2n) is 4.47. The Morgan fingerprint density at radius 2 is 2.05 bits per heavy atom. The van der Waals surface area contributed by atoms with E-state index in [1.165, 1.54) is 11.1 Å². The van der Waals surface area contributed by atoms with Gasteiger partial charge in [0.15, 0.2) is 0 Å². The Labute approximate surface area is 118 Å². The number of nitrogens with zero attached hydrogens (tertiary/aromatic N) is 1. The first kappa shape index (κ1) is 13.5. The van der Waals surface area contributed by atoms with Crippen LogP contribution >= 0.6 is 11.6 Å². The van der Waals surface area contributed by atoms with E-state index < -0.39 is 0 Å². The van der Waals surface area contributed by atoms with Gasteiger partial charge < -0.3 is 5.32 Å². The van der Waals surface area contributed by atoms with Gasteiger partial charge in [-0.25, -0.2) is 0 Å². The molecule has 0 saturated heterocycles. The average Bonchev–Trinajstić information content (AvgIpc) is 2.39. The second kappa shape index (κ2) is 6.26. The van der Waals surface area contributed by atoms with E-state index in [1.807, 2.05) is 6.07 Å². The van der Waals surface area contributed by atoms with Gasteiger partial charge in [0.2, 0.25) is 0 Å². The first-order valence-corrected chi connectivity index (χ1v) is 6.56. The summed E-state index contributed by atoms with van der Waals surface area (Å²) in [5, 5.41) is 12.6. The Hall–Kier alpha value is -1.98. The van der Waals surface area contributed by atoms with Crippen LogP contribution in [-0.2, 0) is 6.42 Å². The molecule has 0 aliphatic heterocycles. The highest BCUT2D eigenvalue weighted by molar-refractivity contribution is 6.32. The van der Waals surface area contributed by atoms with Crippen molar-refractivity contribution in [2.45, 2.75) is 13.3 Å². The van der Waals surface area contributed by atoms with Crippen molar-refractivity contribution < 1.29 is 0 Å². The number of hydrogen-bond donors (Lipinski definition) is 1. The van der Waals surface area contributed by atoms with Crippen LogP contribution in [-0.4, -0.2) is 6.54 Å². The summed E-state index contributed by atoms with van der Waals surface area (Å²) >= 11 is 5.98. The van der Waals surface area contributed by atoms with Crippen molar-refractivity contribution in [3.05, 3.63) is 64.2 Å². The zero-order valence-corrected chi connectivity index (χ0v) is 11.5. The Morgan fingerprint density at radius 3 is 2.74 bits per heavy atom. The maximum Gasteiger partial charge on any atom is 0.101 e. The molecule has 0 atom stereocenters. The van der Waals surface area contributed by atoms with Crippen LogP contribution in [0.4, 0.5) is 5.69 Å². The summed E-state index contributed by atoms with van der Waals surface area (Å²) < 4.78 is 0. The molecule has 0 aromatic heterocycles. The van der Waals surface area contributed by atoms with Crippen LogP contribution < -0.4 is 5.32 Å². The molecule has 2 aromatic carbocycles. The summed E-state index contributed by atoms with van der Waals surface area (Å²) in [6.45, 7) is 2.93. The van der Waals surface area contributed by atoms with Crippen molar-refractivity contribution in [3.63, 3.8) is 0 Å². The van der Waals surface area contributed by atoms with Gasteiger partial charge in [-0.3, -0.25) is 0 Å². The predicted octanol–water partition coefficient (Wildman–Crippen LogP) is 4.17. The zero-order valence-electron chi connectivity index (χ0n) is 10.8. The summed E-state index contributed by atoms with van der Waals surface area (Å²) in [4.78, 5) is 0. The summed E-state index contributed by atoms with van der Waals surface area (Å²) in [7, 11) is 0. The van der Waals surface area contributed by atoms with Crippen LogP contribution in [0, 0.1) is 18.3 Å². The Balaban J connectivity index is 1.93. The fourth-order valence-corrected chi connectivity index (χ4v) is 2.16. The van der Waals surface area contributed by atoms with Gasteiger partial charge in [0.05, 0.1) is 10.6 Å². The summed E-state index contributed by atoms with van der Waals surface area (Å²) in [6, 6.07) is 15.9. The van der Waals surface area contributed by atoms with Gasteiger partial charge in [0.1, 0.15) is 6.07 Å². The number of anilines is 1. The number of hydrogen-bond acceptors (Lipinski definition) is 2. The smallest absolute Gasteiger partial charge is 0.101 e. The van der Waals surface area contributed by atoms with Crippen molar-refractivity contribution >= 4 is 17.3 Å². The third kappa shape index (κ3) is 3.74. The number of nitrogens with one attached hydrogen (secondary N) is 1. The third-order valence-electron chi connectivity index (χ3n) is 2.91. The number of aryl methyl sites for hydroxylation is 1. The van der Waals surface area contributed by atoms with Crippen molar-refractivity contribution in [1.29, 1.82) is 5.26 Å². The maximum absolute atomic E-state index is 8.81. The van der Waals surface area contributed by atoms with Crippen molar-refractivity contribution in [2.75, 3.05) is 11.9 Å². The van der Waals surface area contributed by atoms with Gasteiger partial charge in [-0.15, -0.1) is 0 Å². The van der Waals surface area contributed by atoms with Gasteiger partial charge in [0.25, 0.3) is 0 Å². The molecule has 2 nitrogen and oxygen atoms in total. The van der Waals surface area contributed by atoms with Crippen LogP contribution in [0.1, 0.15) is 16.7 Å². The molecule has 96 valence electrons. The van der Waals surface area contributed by atoms with E-state index in [-0.39, 0.29) is 0 Å². The highest BCUT2D eigenvalue weighted by Crippen LogP contribution is 2.20. The third-order valence-corrected chi connectivity index (χ3v) is 3.23. The van der Waals surface area contributed by atoms with E-state index >= 15 is 0 Å². The minimum atomic E-state index is 0.489. The summed E-state index contributed by atoms with van der Waals surface area (Å²) in [5.74, 6) is 0. The number of rotatable bonds is 4. The number of benzene rings is 2. The van der Waals surface area contributed by atoms with Gasteiger partial charge in [-0.05, 0) is 37.1 Å². The van der Waals surface area contributed by atoms with Crippen LogP contribution in [0.25, 0.3) is 0 Å². The molecule has 0 unspecified atom stereocenters. The average molecular weight is 271 g/mol. The van der Waals surface area contributed by atoms with Crippen molar-refractivity contribution in [2.24, 2.45) is 0 Å². The van der Waals surface area contributed by atoms with E-state index in [4.69, 9.17) is 16.9 Å². The molecule has 0 heterocycles. The zero-order chi connectivity index (χ0) is 13.7. The summed E-state index contributed by atoms with van der Waals surface area (Å²) in [6.07, 6.45) is 0.958. The molecule has 0 fully saturated rings. The van der Waals surface area contributed by atoms with E-state index in [0.29, 0.717) is 10.6 Å². The SMILES string of the molecule is Cc1cccc(CCNc2ccc(C#N)c(Cl)c2)c1. The molecule has 19 heavy (non-hydrogen) atoms. The lowest BCUT2D eigenvalue weighted by Crippen LogP contribution is -2.05. The number of halogens is 1. The molecule has 0 spiro atoms. The van der Waals surface area contributed by atoms with Crippen molar-refractivity contribution in [3.8, 4) is 6.07 Å². The van der Waals surface area contributed by atoms with E-state index in [9.17, 15) is 0 Å². The molecule has 0 aliphatic carbocycles. The predicted molar refractivity (Wildman–Crippen MR) is 79.5 cm³/mol. The summed E-state index contributed by atoms with van der Waals surface area (Å²) in [5.41, 5.74) is 4.04. The molecule has 2 rings (SSSR count). The molecular weight excluding hydrogens is 256 g/mol. The highest BCUT2D eigenvalue weighted by atomic mass is 35.5. The molecule has 0 saturated carbocycles. The maximum atomic E-state index is 8.81. The van der Waals surface area contributed by atoms with Crippen LogP contribution in [0.15, 0.2) is 42.5 Å². The first-order valence-electron chi connectivity index (χ1n) is 6.18. The Kier molecular flexibility index (Phi) is 4.43. The molecule has 3 heteroatoms. The van der Waals surface area contributed by atoms with Gasteiger partial charge in [-0.2, -0.15) is 5.26 Å². The Bertz CT molecular complexity index is 614. The van der Waals surface area contributed by atoms with Gasteiger partial charge in [-0.1, -0.05) is 41.4 Å². The fourth-order valence-electron chi connectivity index (χ4n) is 1.93. The molecule has 2 aromatic rings. The largest absolute Gasteiger partial charge is 0.385 e. The van der Waals surface area contributed by atoms with E-state index in [0.717, 1.165) is 18.7 Å². The number of nitriles is 1. The highest BCUT2D eigenvalue weighted by Gasteiger charge is 2.00. The molecule has 0 amide bonds. The molecular formula is C16H15ClN2. The van der Waals surface area contributed by atoms with Gasteiger partial charge >= 0.3 is 0 Å². The monoisotopic (exact) mass is 270 g/mol. The van der Waals surface area contributed by atoms with Crippen LogP contribution in [0.5, 0.6) is 0 Å². The minimum absolute atomic E-state index is 0.489. The van der Waals surface area contributed by atoms with Crippen LogP contribution in [0.3, 0.4) is 0 Å².